The minimum absolute atomic E-state index is 0.0403. The highest BCUT2D eigenvalue weighted by Crippen LogP contribution is 2.48. The van der Waals surface area contributed by atoms with Gasteiger partial charge >= 0.3 is 0 Å². The summed E-state index contributed by atoms with van der Waals surface area (Å²) in [6, 6.07) is 23.7. The van der Waals surface area contributed by atoms with E-state index >= 15 is 0 Å². The van der Waals surface area contributed by atoms with Gasteiger partial charge in [-0.3, -0.25) is 4.79 Å². The fourth-order valence-corrected chi connectivity index (χ4v) is 5.32. The Kier molecular flexibility index (Phi) is 4.83. The van der Waals surface area contributed by atoms with Gasteiger partial charge in [0.15, 0.2) is 5.58 Å². The normalized spacial score (nSPS) is 18.4. The Labute approximate surface area is 179 Å². The Bertz CT molecular complexity index is 1190. The maximum Gasteiger partial charge on any atom is 0.258 e. The van der Waals surface area contributed by atoms with Gasteiger partial charge < -0.3 is 9.32 Å². The second-order valence-corrected chi connectivity index (χ2v) is 8.90. The van der Waals surface area contributed by atoms with Crippen LogP contribution in [0.25, 0.3) is 11.1 Å². The highest BCUT2D eigenvalue weighted by Gasteiger charge is 2.35. The number of rotatable bonds is 3. The third kappa shape index (κ3) is 3.39. The smallest absolute Gasteiger partial charge is 0.258 e. The Morgan fingerprint density at radius 3 is 2.63 bits per heavy atom. The number of aromatic nitrogens is 1. The first kappa shape index (κ1) is 18.9. The van der Waals surface area contributed by atoms with Gasteiger partial charge in [0.2, 0.25) is 0 Å². The van der Waals surface area contributed by atoms with E-state index in [0.717, 1.165) is 28.8 Å². The number of benzene rings is 3. The van der Waals surface area contributed by atoms with E-state index in [2.05, 4.69) is 37.0 Å². The standard InChI is InChI=1S/C25H22N2O2S/c1-16-12-13-21-19(14-16)23(30-25-26-20-10-6-7-11-22(20)29-25)15-17(2)27(21)24(28)18-8-4-3-5-9-18/h3-14,17,23H,15H2,1-2H3/t17-,23+/m0/s1. The summed E-state index contributed by atoms with van der Waals surface area (Å²) in [6.07, 6.45) is 0.832. The number of hydrogen-bond acceptors (Lipinski definition) is 4. The van der Waals surface area contributed by atoms with Crippen LogP contribution < -0.4 is 4.90 Å². The van der Waals surface area contributed by atoms with Gasteiger partial charge in [-0.05, 0) is 56.2 Å². The molecule has 0 spiro atoms. The zero-order chi connectivity index (χ0) is 20.7. The van der Waals surface area contributed by atoms with E-state index < -0.39 is 0 Å². The molecule has 5 heteroatoms. The van der Waals surface area contributed by atoms with Crippen molar-refractivity contribution in [3.8, 4) is 0 Å². The fourth-order valence-electron chi connectivity index (χ4n) is 4.09. The van der Waals surface area contributed by atoms with Crippen LogP contribution in [0.15, 0.2) is 82.4 Å². The van der Waals surface area contributed by atoms with Crippen LogP contribution >= 0.6 is 11.8 Å². The van der Waals surface area contributed by atoms with Crippen LogP contribution in [0.2, 0.25) is 0 Å². The van der Waals surface area contributed by atoms with Crippen LogP contribution in [0.4, 0.5) is 5.69 Å². The molecule has 2 heterocycles. The van der Waals surface area contributed by atoms with Crippen LogP contribution in [-0.4, -0.2) is 16.9 Å². The molecule has 2 atom stereocenters. The molecule has 4 nitrogen and oxygen atoms in total. The minimum Gasteiger partial charge on any atom is -0.431 e. The Morgan fingerprint density at radius 1 is 1.07 bits per heavy atom. The first-order valence-electron chi connectivity index (χ1n) is 10.1. The number of thioether (sulfide) groups is 1. The van der Waals surface area contributed by atoms with Crippen LogP contribution in [0.5, 0.6) is 0 Å². The van der Waals surface area contributed by atoms with Gasteiger partial charge in [-0.2, -0.15) is 0 Å². The van der Waals surface area contributed by atoms with E-state index in [1.54, 1.807) is 11.8 Å². The summed E-state index contributed by atoms with van der Waals surface area (Å²) in [5.41, 5.74) is 5.69. The van der Waals surface area contributed by atoms with Gasteiger partial charge in [-0.15, -0.1) is 0 Å². The van der Waals surface area contributed by atoms with Crippen molar-refractivity contribution in [2.75, 3.05) is 4.90 Å². The molecule has 0 saturated heterocycles. The number of aryl methyl sites for hydroxylation is 1. The summed E-state index contributed by atoms with van der Waals surface area (Å²) in [7, 11) is 0. The summed E-state index contributed by atoms with van der Waals surface area (Å²) in [5, 5.41) is 0.839. The first-order chi connectivity index (χ1) is 14.6. The van der Waals surface area contributed by atoms with Gasteiger partial charge in [0, 0.05) is 22.5 Å². The number of carbonyl (C=O) groups excluding carboxylic acids is 1. The molecule has 1 aliphatic heterocycles. The zero-order valence-electron chi connectivity index (χ0n) is 16.9. The number of nitrogens with zero attached hydrogens (tertiary/aromatic N) is 2. The molecule has 3 aromatic carbocycles. The second kappa shape index (κ2) is 7.65. The molecule has 0 N–H and O–H groups in total. The summed E-state index contributed by atoms with van der Waals surface area (Å²) >= 11 is 1.64. The molecule has 150 valence electrons. The van der Waals surface area contributed by atoms with Crippen LogP contribution in [0.1, 0.15) is 40.1 Å². The molecular weight excluding hydrogens is 392 g/mol. The topological polar surface area (TPSA) is 46.3 Å². The van der Waals surface area contributed by atoms with Crippen molar-refractivity contribution >= 4 is 34.5 Å². The van der Waals surface area contributed by atoms with Crippen molar-refractivity contribution in [2.45, 2.75) is 36.8 Å². The summed E-state index contributed by atoms with van der Waals surface area (Å²) in [4.78, 5) is 19.9. The molecule has 1 amide bonds. The first-order valence-corrected chi connectivity index (χ1v) is 11.0. The number of hydrogen-bond donors (Lipinski definition) is 0. The molecule has 0 fully saturated rings. The number of oxazole rings is 1. The van der Waals surface area contributed by atoms with Crippen molar-refractivity contribution in [3.63, 3.8) is 0 Å². The van der Waals surface area contributed by atoms with Gasteiger partial charge in [0.1, 0.15) is 5.52 Å². The van der Waals surface area contributed by atoms with Crippen molar-refractivity contribution in [3.05, 3.63) is 89.5 Å². The average molecular weight is 415 g/mol. The molecule has 0 saturated carbocycles. The maximum atomic E-state index is 13.3. The van der Waals surface area contributed by atoms with Crippen molar-refractivity contribution < 1.29 is 9.21 Å². The SMILES string of the molecule is Cc1ccc2c(c1)[C@H](Sc1nc3ccccc3o1)C[C@H](C)N2C(=O)c1ccccc1. The van der Waals surface area contributed by atoms with E-state index in [0.29, 0.717) is 10.8 Å². The number of anilines is 1. The van der Waals surface area contributed by atoms with E-state index in [4.69, 9.17) is 4.42 Å². The molecule has 5 rings (SSSR count). The van der Waals surface area contributed by atoms with E-state index in [-0.39, 0.29) is 17.2 Å². The fraction of sp³-hybridized carbons (Fsp3) is 0.200. The lowest BCUT2D eigenvalue weighted by Crippen LogP contribution is -2.43. The summed E-state index contributed by atoms with van der Waals surface area (Å²) in [5.74, 6) is 0.0403. The lowest BCUT2D eigenvalue weighted by atomic mass is 9.94. The van der Waals surface area contributed by atoms with Gasteiger partial charge in [0.25, 0.3) is 11.1 Å². The highest BCUT2D eigenvalue weighted by atomic mass is 32.2. The quantitative estimate of drug-likeness (QED) is 0.389. The molecule has 1 aliphatic rings. The van der Waals surface area contributed by atoms with E-state index in [9.17, 15) is 4.79 Å². The second-order valence-electron chi connectivity index (χ2n) is 7.74. The summed E-state index contributed by atoms with van der Waals surface area (Å²) < 4.78 is 5.97. The predicted molar refractivity (Wildman–Crippen MR) is 121 cm³/mol. The molecule has 0 radical (unpaired) electrons. The number of fused-ring (bicyclic) bond motifs is 2. The molecule has 0 bridgehead atoms. The van der Waals surface area contributed by atoms with E-state index in [1.807, 2.05) is 59.5 Å². The number of para-hydroxylation sites is 2. The maximum absolute atomic E-state index is 13.3. The van der Waals surface area contributed by atoms with E-state index in [1.165, 1.54) is 5.56 Å². The Hall–Kier alpha value is -3.05. The minimum atomic E-state index is 0.0403. The highest BCUT2D eigenvalue weighted by molar-refractivity contribution is 7.99. The molecule has 4 aromatic rings. The lowest BCUT2D eigenvalue weighted by molar-refractivity contribution is 0.0975. The number of amides is 1. The average Bonchev–Trinajstić information content (AvgIpc) is 3.17. The number of carbonyl (C=O) groups is 1. The molecule has 0 aliphatic carbocycles. The van der Waals surface area contributed by atoms with Crippen LogP contribution in [-0.2, 0) is 0 Å². The largest absolute Gasteiger partial charge is 0.431 e. The molecule has 0 unspecified atom stereocenters. The molecular formula is C25H22N2O2S. The van der Waals surface area contributed by atoms with Crippen molar-refractivity contribution in [1.82, 2.24) is 4.98 Å². The van der Waals surface area contributed by atoms with Crippen LogP contribution in [0, 0.1) is 6.92 Å². The third-order valence-electron chi connectivity index (χ3n) is 5.54. The Morgan fingerprint density at radius 2 is 1.83 bits per heavy atom. The van der Waals surface area contributed by atoms with Crippen molar-refractivity contribution in [2.24, 2.45) is 0 Å². The van der Waals surface area contributed by atoms with Gasteiger partial charge in [-0.25, -0.2) is 4.98 Å². The molecule has 30 heavy (non-hydrogen) atoms. The third-order valence-corrected chi connectivity index (χ3v) is 6.65. The predicted octanol–water partition coefficient (Wildman–Crippen LogP) is 6.41. The Balaban J connectivity index is 1.52. The molecule has 1 aromatic heterocycles. The van der Waals surface area contributed by atoms with Crippen molar-refractivity contribution in [1.29, 1.82) is 0 Å². The van der Waals surface area contributed by atoms with Gasteiger partial charge in [0.05, 0.1) is 0 Å². The summed E-state index contributed by atoms with van der Waals surface area (Å²) in [6.45, 7) is 4.20. The monoisotopic (exact) mass is 414 g/mol. The van der Waals surface area contributed by atoms with Gasteiger partial charge in [-0.1, -0.05) is 59.8 Å². The zero-order valence-corrected chi connectivity index (χ0v) is 17.7. The lowest BCUT2D eigenvalue weighted by Gasteiger charge is -2.39. The van der Waals surface area contributed by atoms with Crippen LogP contribution in [0.3, 0.4) is 0 Å².